The molecule has 1 N–H and O–H groups in total. The second kappa shape index (κ2) is 4.79. The summed E-state index contributed by atoms with van der Waals surface area (Å²) in [6, 6.07) is 1.97. The van der Waals surface area contributed by atoms with E-state index in [-0.39, 0.29) is 0 Å². The first-order valence-electron chi connectivity index (χ1n) is 7.53. The molecule has 0 amide bonds. The van der Waals surface area contributed by atoms with Crippen molar-refractivity contribution in [3.63, 3.8) is 0 Å². The minimum atomic E-state index is 0.291. The van der Waals surface area contributed by atoms with Crippen molar-refractivity contribution in [3.8, 4) is 0 Å². The van der Waals surface area contributed by atoms with E-state index in [9.17, 15) is 0 Å². The predicted octanol–water partition coefficient (Wildman–Crippen LogP) is 1.76. The monoisotopic (exact) mass is 297 g/mol. The van der Waals surface area contributed by atoms with E-state index in [0.717, 1.165) is 35.8 Å². The molecule has 114 valence electrons. The maximum atomic E-state index is 4.54. The Labute approximate surface area is 128 Å². The van der Waals surface area contributed by atoms with E-state index in [0.29, 0.717) is 5.41 Å². The fourth-order valence-corrected chi connectivity index (χ4v) is 2.84. The van der Waals surface area contributed by atoms with Crippen LogP contribution in [0, 0.1) is 12.3 Å². The average Bonchev–Trinajstić information content (AvgIpc) is 2.89. The highest BCUT2D eigenvalue weighted by Crippen LogP contribution is 2.47. The van der Waals surface area contributed by atoms with Gasteiger partial charge < -0.3 is 5.32 Å². The van der Waals surface area contributed by atoms with Gasteiger partial charge in [-0.05, 0) is 25.8 Å². The molecule has 7 heteroatoms. The summed E-state index contributed by atoms with van der Waals surface area (Å²) in [6.45, 7) is 3.76. The van der Waals surface area contributed by atoms with Gasteiger partial charge in [-0.25, -0.2) is 9.97 Å². The van der Waals surface area contributed by atoms with Gasteiger partial charge in [-0.3, -0.25) is 9.36 Å². The van der Waals surface area contributed by atoms with Crippen molar-refractivity contribution in [3.05, 3.63) is 30.5 Å². The maximum Gasteiger partial charge on any atom is 0.163 e. The third kappa shape index (κ3) is 2.32. The first-order valence-corrected chi connectivity index (χ1v) is 7.53. The van der Waals surface area contributed by atoms with E-state index in [1.54, 1.807) is 4.68 Å². The quantitative estimate of drug-likeness (QED) is 0.777. The highest BCUT2D eigenvalue weighted by atomic mass is 15.3. The summed E-state index contributed by atoms with van der Waals surface area (Å²) in [5.41, 5.74) is 1.16. The van der Waals surface area contributed by atoms with Crippen molar-refractivity contribution in [2.45, 2.75) is 26.3 Å². The normalized spacial score (nSPS) is 16.1. The fraction of sp³-hybridized carbons (Fsp3) is 0.467. The first kappa shape index (κ1) is 13.2. The third-order valence-corrected chi connectivity index (χ3v) is 4.35. The lowest BCUT2D eigenvalue weighted by Crippen LogP contribution is -2.22. The molecule has 1 fully saturated rings. The average molecular weight is 297 g/mol. The van der Waals surface area contributed by atoms with Gasteiger partial charge in [0.15, 0.2) is 5.65 Å². The van der Waals surface area contributed by atoms with E-state index in [2.05, 4.69) is 25.5 Å². The number of anilines is 1. The van der Waals surface area contributed by atoms with Crippen LogP contribution in [-0.2, 0) is 13.6 Å². The number of aromatic nitrogens is 6. The molecule has 0 bridgehead atoms. The van der Waals surface area contributed by atoms with Gasteiger partial charge in [-0.15, -0.1) is 0 Å². The molecule has 0 unspecified atom stereocenters. The highest BCUT2D eigenvalue weighted by Gasteiger charge is 2.43. The molecule has 0 aromatic carbocycles. The van der Waals surface area contributed by atoms with Crippen LogP contribution in [0.5, 0.6) is 0 Å². The van der Waals surface area contributed by atoms with Gasteiger partial charge in [0.1, 0.15) is 11.6 Å². The molecule has 0 radical (unpaired) electrons. The van der Waals surface area contributed by atoms with E-state index in [1.807, 2.05) is 43.3 Å². The largest absolute Gasteiger partial charge is 0.369 e. The molecule has 0 spiro atoms. The van der Waals surface area contributed by atoms with E-state index in [4.69, 9.17) is 0 Å². The van der Waals surface area contributed by atoms with Gasteiger partial charge >= 0.3 is 0 Å². The number of hydrogen-bond donors (Lipinski definition) is 1. The summed E-state index contributed by atoms with van der Waals surface area (Å²) in [5.74, 6) is 1.64. The van der Waals surface area contributed by atoms with Crippen molar-refractivity contribution >= 4 is 16.9 Å². The number of nitrogens with zero attached hydrogens (tertiary/aromatic N) is 6. The molecule has 1 aliphatic carbocycles. The van der Waals surface area contributed by atoms with Crippen molar-refractivity contribution in [2.75, 3.05) is 11.9 Å². The number of nitrogens with one attached hydrogen (secondary N) is 1. The Kier molecular flexibility index (Phi) is 2.88. The molecule has 0 atom stereocenters. The minimum absolute atomic E-state index is 0.291. The van der Waals surface area contributed by atoms with E-state index >= 15 is 0 Å². The lowest BCUT2D eigenvalue weighted by molar-refractivity contribution is 0.416. The molecular formula is C15H19N7. The van der Waals surface area contributed by atoms with Crippen molar-refractivity contribution in [2.24, 2.45) is 12.5 Å². The molecule has 3 aromatic heterocycles. The number of aryl methyl sites for hydroxylation is 2. The summed E-state index contributed by atoms with van der Waals surface area (Å²) >= 11 is 0. The Morgan fingerprint density at radius 2 is 2.14 bits per heavy atom. The molecule has 7 nitrogen and oxygen atoms in total. The zero-order valence-electron chi connectivity index (χ0n) is 12.8. The Balaban J connectivity index is 1.54. The second-order valence-electron chi connectivity index (χ2n) is 6.18. The van der Waals surface area contributed by atoms with Crippen LogP contribution >= 0.6 is 0 Å². The Morgan fingerprint density at radius 3 is 2.86 bits per heavy atom. The van der Waals surface area contributed by atoms with Crippen LogP contribution in [-0.4, -0.2) is 36.1 Å². The molecule has 0 saturated heterocycles. The molecule has 0 aliphatic heterocycles. The first-order chi connectivity index (χ1) is 10.7. The topological polar surface area (TPSA) is 73.5 Å². The van der Waals surface area contributed by atoms with Crippen molar-refractivity contribution < 1.29 is 0 Å². The summed E-state index contributed by atoms with van der Waals surface area (Å²) in [7, 11) is 1.90. The molecule has 1 aliphatic rings. The minimum Gasteiger partial charge on any atom is -0.369 e. The van der Waals surface area contributed by atoms with Gasteiger partial charge in [0.25, 0.3) is 0 Å². The summed E-state index contributed by atoms with van der Waals surface area (Å²) in [4.78, 5) is 9.00. The summed E-state index contributed by atoms with van der Waals surface area (Å²) in [6.07, 6.45) is 8.12. The second-order valence-corrected chi connectivity index (χ2v) is 6.18. The predicted molar refractivity (Wildman–Crippen MR) is 83.4 cm³/mol. The van der Waals surface area contributed by atoms with E-state index < -0.39 is 0 Å². The zero-order valence-corrected chi connectivity index (χ0v) is 12.8. The molecule has 3 heterocycles. The third-order valence-electron chi connectivity index (χ3n) is 4.35. The molecule has 1 saturated carbocycles. The van der Waals surface area contributed by atoms with Crippen LogP contribution in [0.1, 0.15) is 18.7 Å². The fourth-order valence-electron chi connectivity index (χ4n) is 2.84. The SMILES string of the molecule is Cc1nc(NCC2(Cn3cccn3)CC2)c2cnn(C)c2n1. The molecule has 4 rings (SSSR count). The van der Waals surface area contributed by atoms with Gasteiger partial charge in [-0.1, -0.05) is 0 Å². The van der Waals surface area contributed by atoms with Crippen molar-refractivity contribution in [1.29, 1.82) is 0 Å². The Hall–Kier alpha value is -2.44. The van der Waals surface area contributed by atoms with Crippen LogP contribution in [0.2, 0.25) is 0 Å². The van der Waals surface area contributed by atoms with Gasteiger partial charge in [0.2, 0.25) is 0 Å². The van der Waals surface area contributed by atoms with E-state index in [1.165, 1.54) is 12.8 Å². The summed E-state index contributed by atoms with van der Waals surface area (Å²) in [5, 5.41) is 13.1. The molecule has 22 heavy (non-hydrogen) atoms. The number of hydrogen-bond acceptors (Lipinski definition) is 5. The van der Waals surface area contributed by atoms with Crippen LogP contribution < -0.4 is 5.32 Å². The summed E-state index contributed by atoms with van der Waals surface area (Å²) < 4.78 is 3.80. The van der Waals surface area contributed by atoms with Crippen LogP contribution in [0.3, 0.4) is 0 Å². The lowest BCUT2D eigenvalue weighted by atomic mass is 10.1. The van der Waals surface area contributed by atoms with Gasteiger partial charge in [0.05, 0.1) is 11.6 Å². The van der Waals surface area contributed by atoms with Gasteiger partial charge in [-0.2, -0.15) is 10.2 Å². The number of rotatable bonds is 5. The maximum absolute atomic E-state index is 4.54. The smallest absolute Gasteiger partial charge is 0.163 e. The highest BCUT2D eigenvalue weighted by molar-refractivity contribution is 5.86. The lowest BCUT2D eigenvalue weighted by Gasteiger charge is -2.17. The Bertz CT molecular complexity index is 799. The number of fused-ring (bicyclic) bond motifs is 1. The van der Waals surface area contributed by atoms with Crippen LogP contribution in [0.25, 0.3) is 11.0 Å². The Morgan fingerprint density at radius 1 is 1.27 bits per heavy atom. The molecule has 3 aromatic rings. The molecular weight excluding hydrogens is 278 g/mol. The van der Waals surface area contributed by atoms with Crippen LogP contribution in [0.4, 0.5) is 5.82 Å². The zero-order chi connectivity index (χ0) is 15.2. The van der Waals surface area contributed by atoms with Crippen molar-refractivity contribution in [1.82, 2.24) is 29.5 Å². The standard InChI is InChI=1S/C15H19N7/c1-11-19-13(12-8-18-21(2)14(12)20-11)16-9-15(4-5-15)10-22-7-3-6-17-22/h3,6-8H,4-5,9-10H2,1-2H3,(H,16,19,20). The van der Waals surface area contributed by atoms with Gasteiger partial charge in [0, 0.05) is 37.9 Å². The van der Waals surface area contributed by atoms with Crippen LogP contribution in [0.15, 0.2) is 24.7 Å².